The van der Waals surface area contributed by atoms with Gasteiger partial charge in [-0.25, -0.2) is 15.0 Å². The van der Waals surface area contributed by atoms with Gasteiger partial charge in [-0.05, 0) is 66.6 Å². The highest BCUT2D eigenvalue weighted by Crippen LogP contribution is 2.32. The van der Waals surface area contributed by atoms with E-state index in [1.807, 2.05) is 42.9 Å². The summed E-state index contributed by atoms with van der Waals surface area (Å²) in [5.41, 5.74) is 4.13. The molecule has 3 aromatic heterocycles. The molecule has 226 valence electrons. The van der Waals surface area contributed by atoms with Crippen molar-refractivity contribution in [2.24, 2.45) is 0 Å². The number of methoxy groups -OCH3 is 1. The maximum Gasteiger partial charge on any atom is 0.255 e. The number of benzene rings is 1. The van der Waals surface area contributed by atoms with E-state index in [1.54, 1.807) is 23.2 Å². The van der Waals surface area contributed by atoms with Crippen molar-refractivity contribution in [1.82, 2.24) is 24.4 Å². The van der Waals surface area contributed by atoms with E-state index in [-0.39, 0.29) is 34.9 Å². The number of nitrogens with one attached hydrogen (secondary N) is 1. The number of aromatic nitrogens is 4. The quantitative estimate of drug-likeness (QED) is 0.112. The number of hydrogen-bond donors (Lipinski definition) is 1. The lowest BCUT2D eigenvalue weighted by Crippen LogP contribution is -2.39. The summed E-state index contributed by atoms with van der Waals surface area (Å²) in [5.74, 6) is -0.588. The zero-order valence-corrected chi connectivity index (χ0v) is 25.8. The maximum absolute atomic E-state index is 14.6. The summed E-state index contributed by atoms with van der Waals surface area (Å²) in [4.78, 5) is 27.2. The zero-order valence-electron chi connectivity index (χ0n) is 24.2. The highest BCUT2D eigenvalue weighted by Gasteiger charge is 2.29. The van der Waals surface area contributed by atoms with Gasteiger partial charge in [0.2, 0.25) is 5.95 Å². The number of imidazole rings is 1. The minimum Gasteiger partial charge on any atom is -0.492 e. The molecule has 0 bridgehead atoms. The van der Waals surface area contributed by atoms with E-state index in [4.69, 9.17) is 9.47 Å². The van der Waals surface area contributed by atoms with Gasteiger partial charge in [-0.15, -0.1) is 0 Å². The number of ether oxygens (including phenoxy) is 2. The topological polar surface area (TPSA) is 94.4 Å². The van der Waals surface area contributed by atoms with Crippen molar-refractivity contribution in [3.05, 3.63) is 94.8 Å². The lowest BCUT2D eigenvalue weighted by molar-refractivity contribution is 0.0672. The summed E-state index contributed by atoms with van der Waals surface area (Å²) in [5, 5.41) is 3.06. The molecule has 0 radical (unpaired) electrons. The van der Waals surface area contributed by atoms with Gasteiger partial charge in [0.25, 0.3) is 17.8 Å². The molecule has 1 aliphatic rings. The predicted octanol–water partition coefficient (Wildman–Crippen LogP) is 6.10. The van der Waals surface area contributed by atoms with Crippen LogP contribution in [0.4, 0.5) is 14.7 Å². The van der Waals surface area contributed by atoms with Gasteiger partial charge in [0, 0.05) is 48.8 Å². The van der Waals surface area contributed by atoms with Crippen LogP contribution in [0, 0.1) is 11.9 Å². The number of alkyl halides is 1. The first-order chi connectivity index (χ1) is 20.8. The summed E-state index contributed by atoms with van der Waals surface area (Å²) in [7, 11) is 3.21. The normalized spacial score (nSPS) is 14.3. The van der Waals surface area contributed by atoms with E-state index in [1.165, 1.54) is 19.5 Å². The Balaban J connectivity index is 1.22. The number of amides is 1. The number of carbonyl (C=O) groups is 1. The summed E-state index contributed by atoms with van der Waals surface area (Å²) in [6.07, 6.45) is 8.48. The van der Waals surface area contributed by atoms with Crippen LogP contribution < -0.4 is 14.8 Å². The minimum atomic E-state index is -0.709. The fourth-order valence-electron chi connectivity index (χ4n) is 5.19. The molecule has 2 atom stereocenters. The molecule has 1 N–H and O–H groups in total. The SMILES string of the molecule is CNc1nccn1Cc1ccc2c(c1)C(=O)N([C@@H](C)c1cnc(F)c(OCCCC(Br)c3cnc(F)c(OC)c3)c1)CC2. The summed E-state index contributed by atoms with van der Waals surface area (Å²) in [6.45, 7) is 3.28. The van der Waals surface area contributed by atoms with Crippen molar-refractivity contribution in [3.8, 4) is 11.5 Å². The second-order valence-electron chi connectivity index (χ2n) is 10.3. The molecule has 1 aliphatic heterocycles. The first kappa shape index (κ1) is 30.4. The number of anilines is 1. The van der Waals surface area contributed by atoms with E-state index in [0.717, 1.165) is 29.1 Å². The van der Waals surface area contributed by atoms with E-state index in [2.05, 4.69) is 36.2 Å². The van der Waals surface area contributed by atoms with Crippen LogP contribution in [0.3, 0.4) is 0 Å². The summed E-state index contributed by atoms with van der Waals surface area (Å²) in [6, 6.07) is 8.89. The Morgan fingerprint density at radius 3 is 2.58 bits per heavy atom. The first-order valence-electron chi connectivity index (χ1n) is 14.0. The van der Waals surface area contributed by atoms with E-state index in [0.29, 0.717) is 37.1 Å². The lowest BCUT2D eigenvalue weighted by Gasteiger charge is -2.34. The number of rotatable bonds is 12. The summed E-state index contributed by atoms with van der Waals surface area (Å²) < 4.78 is 40.9. The van der Waals surface area contributed by atoms with Crippen LogP contribution in [0.25, 0.3) is 0 Å². The average Bonchev–Trinajstić information content (AvgIpc) is 3.47. The van der Waals surface area contributed by atoms with Gasteiger partial charge in [-0.2, -0.15) is 8.78 Å². The highest BCUT2D eigenvalue weighted by molar-refractivity contribution is 9.09. The standard InChI is InChI=1S/C31H33BrF2N6O3/c1-19(40-10-8-21-7-6-20(13-24(21)30(40)41)18-39-11-9-36-31(39)35-2)22-14-27(29(34)37-16-22)43-12-4-5-25(32)23-15-26(42-3)28(33)38-17-23/h6-7,9,11,13-17,19,25H,4-5,8,10,12,18H2,1-3H3,(H,35,36)/t19-,25?/m0/s1. The third-order valence-corrected chi connectivity index (χ3v) is 8.61. The van der Waals surface area contributed by atoms with Gasteiger partial charge >= 0.3 is 0 Å². The molecule has 0 spiro atoms. The second-order valence-corrected chi connectivity index (χ2v) is 11.4. The average molecular weight is 656 g/mol. The highest BCUT2D eigenvalue weighted by atomic mass is 79.9. The Bertz CT molecular complexity index is 1600. The lowest BCUT2D eigenvalue weighted by atomic mass is 9.94. The Kier molecular flexibility index (Phi) is 9.54. The van der Waals surface area contributed by atoms with Gasteiger partial charge in [-0.3, -0.25) is 4.79 Å². The van der Waals surface area contributed by atoms with Crippen LogP contribution in [0.2, 0.25) is 0 Å². The van der Waals surface area contributed by atoms with Gasteiger partial charge in [-0.1, -0.05) is 28.1 Å². The fraction of sp³-hybridized carbons (Fsp3) is 0.355. The molecule has 0 saturated carbocycles. The van der Waals surface area contributed by atoms with Crippen LogP contribution in [-0.2, 0) is 13.0 Å². The van der Waals surface area contributed by atoms with E-state index >= 15 is 0 Å². The Morgan fingerprint density at radius 1 is 1.07 bits per heavy atom. The van der Waals surface area contributed by atoms with Crippen LogP contribution in [0.1, 0.15) is 63.2 Å². The number of fused-ring (bicyclic) bond motifs is 1. The molecule has 12 heteroatoms. The van der Waals surface area contributed by atoms with Crippen LogP contribution in [-0.4, -0.2) is 57.6 Å². The largest absolute Gasteiger partial charge is 0.492 e. The van der Waals surface area contributed by atoms with Crippen molar-refractivity contribution < 1.29 is 23.0 Å². The number of hydrogen-bond acceptors (Lipinski definition) is 7. The molecule has 5 rings (SSSR count). The third kappa shape index (κ3) is 6.79. The van der Waals surface area contributed by atoms with Crippen molar-refractivity contribution in [2.45, 2.75) is 43.6 Å². The minimum absolute atomic E-state index is 0.0356. The number of carbonyl (C=O) groups excluding carboxylic acids is 1. The molecular formula is C31H33BrF2N6O3. The molecule has 1 amide bonds. The maximum atomic E-state index is 14.6. The zero-order chi connectivity index (χ0) is 30.5. The molecule has 43 heavy (non-hydrogen) atoms. The smallest absolute Gasteiger partial charge is 0.255 e. The van der Waals surface area contributed by atoms with Gasteiger partial charge < -0.3 is 24.3 Å². The predicted molar refractivity (Wildman–Crippen MR) is 162 cm³/mol. The van der Waals surface area contributed by atoms with Crippen molar-refractivity contribution >= 4 is 27.8 Å². The second kappa shape index (κ2) is 13.5. The van der Waals surface area contributed by atoms with E-state index < -0.39 is 11.9 Å². The molecule has 0 saturated heterocycles. The van der Waals surface area contributed by atoms with Gasteiger partial charge in [0.05, 0.1) is 26.3 Å². The molecule has 9 nitrogen and oxygen atoms in total. The van der Waals surface area contributed by atoms with Crippen LogP contribution in [0.15, 0.2) is 55.1 Å². The first-order valence-corrected chi connectivity index (χ1v) is 14.9. The van der Waals surface area contributed by atoms with Crippen molar-refractivity contribution in [2.75, 3.05) is 32.6 Å². The molecule has 1 aromatic carbocycles. The van der Waals surface area contributed by atoms with Crippen molar-refractivity contribution in [3.63, 3.8) is 0 Å². The van der Waals surface area contributed by atoms with Crippen LogP contribution in [0.5, 0.6) is 11.5 Å². The fourth-order valence-corrected chi connectivity index (χ4v) is 5.76. The summed E-state index contributed by atoms with van der Waals surface area (Å²) >= 11 is 3.59. The van der Waals surface area contributed by atoms with Gasteiger partial charge in [0.1, 0.15) is 0 Å². The Hall–Kier alpha value is -4.06. The van der Waals surface area contributed by atoms with Crippen molar-refractivity contribution in [1.29, 1.82) is 0 Å². The van der Waals surface area contributed by atoms with E-state index in [9.17, 15) is 13.6 Å². The third-order valence-electron chi connectivity index (χ3n) is 7.63. The molecule has 0 fully saturated rings. The molecule has 0 aliphatic carbocycles. The Morgan fingerprint density at radius 2 is 1.81 bits per heavy atom. The number of halogens is 3. The number of pyridine rings is 2. The number of nitrogens with zero attached hydrogens (tertiary/aromatic N) is 5. The molecule has 4 heterocycles. The molecule has 1 unspecified atom stereocenters. The Labute approximate surface area is 257 Å². The monoisotopic (exact) mass is 654 g/mol. The molecule has 4 aromatic rings. The molecular weight excluding hydrogens is 622 g/mol. The van der Waals surface area contributed by atoms with Gasteiger partial charge in [0.15, 0.2) is 11.5 Å². The van der Waals surface area contributed by atoms with Crippen LogP contribution >= 0.6 is 15.9 Å².